The first-order valence-electron chi connectivity index (χ1n) is 22.1. The molecule has 1 aromatic rings. The van der Waals surface area contributed by atoms with E-state index in [-0.39, 0.29) is 40.8 Å². The number of hydroxylamine groups is 4. The standard InChI is InChI=1S/C43H80N8O3/c1-11-19-35(31-27-40(3,4)50(41(5,6)28-31)53-33-21-15-13-16-22-33)45-38-47-37(44-25-26-52)48-39(49-38)46-36(20-12-2)32-29-42(7,8)51(43(9,10)30-32)54-34-23-17-14-18-24-34/h31-36,52H,11-30H2,1-10H3,(H3,44,45,46,47,48,49). The van der Waals surface area contributed by atoms with Crippen molar-refractivity contribution in [1.82, 2.24) is 25.1 Å². The van der Waals surface area contributed by atoms with Crippen LogP contribution in [0.15, 0.2) is 0 Å². The molecule has 0 spiro atoms. The lowest BCUT2D eigenvalue weighted by Gasteiger charge is -2.56. The van der Waals surface area contributed by atoms with Crippen LogP contribution in [0.25, 0.3) is 0 Å². The third-order valence-electron chi connectivity index (χ3n) is 12.9. The van der Waals surface area contributed by atoms with Gasteiger partial charge in [-0.2, -0.15) is 25.1 Å². The van der Waals surface area contributed by atoms with Crippen molar-refractivity contribution in [2.24, 2.45) is 11.8 Å². The van der Waals surface area contributed by atoms with Gasteiger partial charge in [-0.1, -0.05) is 65.2 Å². The maximum absolute atomic E-state index is 9.69. The summed E-state index contributed by atoms with van der Waals surface area (Å²) < 4.78 is 0. The van der Waals surface area contributed by atoms with Gasteiger partial charge in [-0.3, -0.25) is 9.68 Å². The van der Waals surface area contributed by atoms with Crippen molar-refractivity contribution in [3.8, 4) is 0 Å². The molecule has 2 aliphatic carbocycles. The number of aliphatic hydroxyl groups excluding tert-OH is 1. The maximum atomic E-state index is 9.69. The topological polar surface area (TPSA) is 120 Å². The first kappa shape index (κ1) is 43.3. The van der Waals surface area contributed by atoms with Crippen molar-refractivity contribution in [1.29, 1.82) is 0 Å². The summed E-state index contributed by atoms with van der Waals surface area (Å²) in [5.41, 5.74) is -0.432. The van der Waals surface area contributed by atoms with Crippen LogP contribution < -0.4 is 16.0 Å². The molecule has 0 amide bonds. The van der Waals surface area contributed by atoms with Gasteiger partial charge in [-0.05, 0) is 131 Å². The third kappa shape index (κ3) is 11.2. The first-order chi connectivity index (χ1) is 25.6. The van der Waals surface area contributed by atoms with E-state index in [9.17, 15) is 5.11 Å². The van der Waals surface area contributed by atoms with Crippen LogP contribution in [0.3, 0.4) is 0 Å². The molecule has 1 aromatic heterocycles. The molecule has 2 saturated heterocycles. The van der Waals surface area contributed by atoms with Gasteiger partial charge < -0.3 is 21.1 Å². The first-order valence-corrected chi connectivity index (χ1v) is 22.1. The molecule has 4 aliphatic rings. The van der Waals surface area contributed by atoms with Gasteiger partial charge in [0.1, 0.15) is 0 Å². The fraction of sp³-hybridized carbons (Fsp3) is 0.930. The predicted molar refractivity (Wildman–Crippen MR) is 221 cm³/mol. The smallest absolute Gasteiger partial charge is 0.229 e. The molecule has 11 nitrogen and oxygen atoms in total. The minimum Gasteiger partial charge on any atom is -0.395 e. The Kier molecular flexibility index (Phi) is 15.0. The molecule has 2 saturated carbocycles. The molecule has 0 radical (unpaired) electrons. The molecule has 4 N–H and O–H groups in total. The minimum absolute atomic E-state index is 0.00542. The van der Waals surface area contributed by atoms with Crippen molar-refractivity contribution in [2.45, 2.75) is 231 Å². The number of hydrogen-bond acceptors (Lipinski definition) is 11. The number of nitrogens with one attached hydrogen (secondary N) is 3. The third-order valence-corrected chi connectivity index (χ3v) is 12.9. The Morgan fingerprint density at radius 1 is 0.593 bits per heavy atom. The minimum atomic E-state index is -0.108. The molecule has 310 valence electrons. The zero-order valence-corrected chi connectivity index (χ0v) is 36.1. The largest absolute Gasteiger partial charge is 0.395 e. The summed E-state index contributed by atoms with van der Waals surface area (Å²) in [5.74, 6) is 2.51. The highest BCUT2D eigenvalue weighted by Gasteiger charge is 2.50. The number of piperidine rings is 2. The molecule has 2 unspecified atom stereocenters. The zero-order chi connectivity index (χ0) is 39.1. The van der Waals surface area contributed by atoms with E-state index in [0.29, 0.717) is 48.4 Å². The highest BCUT2D eigenvalue weighted by atomic mass is 16.7. The van der Waals surface area contributed by atoms with Crippen LogP contribution in [0.4, 0.5) is 17.8 Å². The molecule has 4 fully saturated rings. The number of aliphatic hydroxyl groups is 1. The van der Waals surface area contributed by atoms with Gasteiger partial charge in [0.05, 0.1) is 18.8 Å². The average molecular weight is 757 g/mol. The summed E-state index contributed by atoms with van der Waals surface area (Å²) in [6, 6.07) is 0.403. The van der Waals surface area contributed by atoms with Gasteiger partial charge >= 0.3 is 0 Å². The van der Waals surface area contributed by atoms with E-state index >= 15 is 0 Å². The lowest BCUT2D eigenvalue weighted by atomic mass is 9.71. The predicted octanol–water partition coefficient (Wildman–Crippen LogP) is 9.50. The normalized spacial score (nSPS) is 25.6. The summed E-state index contributed by atoms with van der Waals surface area (Å²) in [5, 5.41) is 25.4. The number of anilines is 3. The molecule has 3 heterocycles. The Morgan fingerprint density at radius 2 is 0.944 bits per heavy atom. The highest BCUT2D eigenvalue weighted by Crippen LogP contribution is 2.46. The number of aromatic nitrogens is 3. The number of rotatable bonds is 17. The quantitative estimate of drug-likeness (QED) is 0.122. The summed E-state index contributed by atoms with van der Waals surface area (Å²) in [6.07, 6.45) is 21.3. The van der Waals surface area contributed by atoms with Crippen molar-refractivity contribution in [3.05, 3.63) is 0 Å². The van der Waals surface area contributed by atoms with E-state index in [1.165, 1.54) is 38.5 Å². The van der Waals surface area contributed by atoms with Gasteiger partial charge in [0.2, 0.25) is 17.8 Å². The Morgan fingerprint density at radius 3 is 1.28 bits per heavy atom. The second-order valence-corrected chi connectivity index (χ2v) is 19.9. The Balaban J connectivity index is 1.34. The van der Waals surface area contributed by atoms with Crippen LogP contribution in [0, 0.1) is 11.8 Å². The number of hydrogen-bond donors (Lipinski definition) is 4. The monoisotopic (exact) mass is 757 g/mol. The van der Waals surface area contributed by atoms with Crippen LogP contribution in [0.1, 0.15) is 185 Å². The molecule has 54 heavy (non-hydrogen) atoms. The summed E-state index contributed by atoms with van der Waals surface area (Å²) in [4.78, 5) is 28.5. The van der Waals surface area contributed by atoms with Crippen molar-refractivity contribution < 1.29 is 14.8 Å². The van der Waals surface area contributed by atoms with E-state index in [1.54, 1.807) is 0 Å². The molecule has 5 rings (SSSR count). The molecule has 2 aliphatic heterocycles. The van der Waals surface area contributed by atoms with Crippen molar-refractivity contribution in [2.75, 3.05) is 29.1 Å². The molecular formula is C43H80N8O3. The summed E-state index contributed by atoms with van der Waals surface area (Å²) in [6.45, 7) is 23.8. The van der Waals surface area contributed by atoms with Crippen LogP contribution in [0.2, 0.25) is 0 Å². The van der Waals surface area contributed by atoms with Gasteiger partial charge in [-0.25, -0.2) is 0 Å². The molecule has 11 heteroatoms. The van der Waals surface area contributed by atoms with Crippen LogP contribution in [-0.2, 0) is 9.68 Å². The molecular weight excluding hydrogens is 677 g/mol. The molecule has 2 atom stereocenters. The lowest BCUT2D eigenvalue weighted by molar-refractivity contribution is -0.314. The second-order valence-electron chi connectivity index (χ2n) is 19.9. The van der Waals surface area contributed by atoms with Crippen LogP contribution in [0.5, 0.6) is 0 Å². The zero-order valence-electron chi connectivity index (χ0n) is 36.1. The Hall–Kier alpha value is -1.79. The second kappa shape index (κ2) is 18.6. The van der Waals surface area contributed by atoms with Crippen molar-refractivity contribution >= 4 is 17.8 Å². The van der Waals surface area contributed by atoms with Gasteiger partial charge in [0.25, 0.3) is 0 Å². The van der Waals surface area contributed by atoms with E-state index in [4.69, 9.17) is 24.6 Å². The van der Waals surface area contributed by atoms with E-state index < -0.39 is 0 Å². The summed E-state index contributed by atoms with van der Waals surface area (Å²) in [7, 11) is 0. The van der Waals surface area contributed by atoms with Gasteiger partial charge in [0.15, 0.2) is 0 Å². The molecule has 0 bridgehead atoms. The summed E-state index contributed by atoms with van der Waals surface area (Å²) >= 11 is 0. The Bertz CT molecular complexity index is 1170. The van der Waals surface area contributed by atoms with E-state index in [0.717, 1.165) is 77.0 Å². The number of nitrogens with zero attached hydrogens (tertiary/aromatic N) is 5. The van der Waals surface area contributed by atoms with Crippen LogP contribution in [-0.4, -0.2) is 89.8 Å². The fourth-order valence-corrected chi connectivity index (χ4v) is 11.0. The average Bonchev–Trinajstić information content (AvgIpc) is 3.10. The SMILES string of the molecule is CCCC(Nc1nc(NCCO)nc(NC(CCC)C2CC(C)(C)N(OC3CCCCC3)C(C)(C)C2)n1)C1CC(C)(C)N(OC2CCCCC2)C(C)(C)C1. The highest BCUT2D eigenvalue weighted by molar-refractivity contribution is 5.43. The van der Waals surface area contributed by atoms with Crippen LogP contribution >= 0.6 is 0 Å². The van der Waals surface area contributed by atoms with E-state index in [1.807, 2.05) is 0 Å². The van der Waals surface area contributed by atoms with Crippen molar-refractivity contribution in [3.63, 3.8) is 0 Å². The van der Waals surface area contributed by atoms with Gasteiger partial charge in [-0.15, -0.1) is 0 Å². The fourth-order valence-electron chi connectivity index (χ4n) is 11.0. The molecule has 0 aromatic carbocycles. The maximum Gasteiger partial charge on any atom is 0.229 e. The van der Waals surface area contributed by atoms with Gasteiger partial charge in [0, 0.05) is 40.8 Å². The Labute approximate surface area is 329 Å². The van der Waals surface area contributed by atoms with E-state index in [2.05, 4.69) is 95.3 Å². The lowest BCUT2D eigenvalue weighted by Crippen LogP contribution is -2.63.